The van der Waals surface area contributed by atoms with Crippen LogP contribution >= 0.6 is 15.9 Å². The van der Waals surface area contributed by atoms with Gasteiger partial charge in [-0.3, -0.25) is 0 Å². The van der Waals surface area contributed by atoms with E-state index in [0.29, 0.717) is 0 Å². The van der Waals surface area contributed by atoms with Crippen molar-refractivity contribution in [1.82, 2.24) is 4.98 Å². The number of hydrogen-bond donors (Lipinski definition) is 0. The average molecular weight is 305 g/mol. The summed E-state index contributed by atoms with van der Waals surface area (Å²) in [6.45, 7) is 0. The maximum absolute atomic E-state index is 12.5. The number of pyridine rings is 1. The molecule has 0 radical (unpaired) electrons. The van der Waals surface area contributed by atoms with Crippen LogP contribution in [0.5, 0.6) is 0 Å². The summed E-state index contributed by atoms with van der Waals surface area (Å²) >= 11 is 3.03. The molecule has 0 aromatic carbocycles. The topological polar surface area (TPSA) is 63.0 Å². The van der Waals surface area contributed by atoms with Crippen LogP contribution in [0.1, 0.15) is 33.7 Å². The Morgan fingerprint density at radius 1 is 1.71 bits per heavy atom. The zero-order valence-corrected chi connectivity index (χ0v) is 10.3. The summed E-state index contributed by atoms with van der Waals surface area (Å²) in [7, 11) is 1.14. The van der Waals surface area contributed by atoms with Gasteiger partial charge in [-0.2, -0.15) is 5.26 Å². The summed E-state index contributed by atoms with van der Waals surface area (Å²) in [6, 6.07) is 2.58. The highest BCUT2D eigenvalue weighted by Crippen LogP contribution is 2.23. The Labute approximate surface area is 104 Å². The molecule has 4 nitrogen and oxygen atoms in total. The molecule has 7 heteroatoms. The van der Waals surface area contributed by atoms with E-state index < -0.39 is 18.1 Å². The number of carbonyl (C=O) groups excluding carboxylic acids is 1. The fraction of sp³-hybridized carbons (Fsp3) is 0.300. The third-order valence-corrected chi connectivity index (χ3v) is 2.51. The molecule has 0 aliphatic heterocycles. The number of nitriles is 1. The lowest BCUT2D eigenvalue weighted by atomic mass is 10.1. The molecule has 1 heterocycles. The Morgan fingerprint density at radius 2 is 2.35 bits per heavy atom. The zero-order valence-electron chi connectivity index (χ0n) is 8.71. The minimum absolute atomic E-state index is 0.0613. The van der Waals surface area contributed by atoms with Crippen LogP contribution in [-0.4, -0.2) is 18.1 Å². The van der Waals surface area contributed by atoms with E-state index in [1.54, 1.807) is 6.07 Å². The molecule has 1 aromatic rings. The Kier molecular flexibility index (Phi) is 4.52. The summed E-state index contributed by atoms with van der Waals surface area (Å²) in [5.74, 6) is -0.774. The van der Waals surface area contributed by atoms with Crippen molar-refractivity contribution in [2.24, 2.45) is 0 Å². The van der Waals surface area contributed by atoms with Gasteiger partial charge in [0.25, 0.3) is 6.43 Å². The number of esters is 1. The SMILES string of the molecule is COC(=O)c1c(C#N)cc(C(F)F)nc1CBr. The Hall–Kier alpha value is -1.55. The quantitative estimate of drug-likeness (QED) is 0.636. The number of halogens is 3. The van der Waals surface area contributed by atoms with Gasteiger partial charge in [-0.1, -0.05) is 15.9 Å². The maximum Gasteiger partial charge on any atom is 0.341 e. The molecule has 0 aliphatic carbocycles. The number of rotatable bonds is 3. The highest BCUT2D eigenvalue weighted by Gasteiger charge is 2.22. The lowest BCUT2D eigenvalue weighted by Crippen LogP contribution is -2.11. The first-order valence-electron chi connectivity index (χ1n) is 4.41. The first-order chi connectivity index (χ1) is 8.04. The molecule has 0 saturated carbocycles. The molecule has 1 rings (SSSR count). The van der Waals surface area contributed by atoms with Gasteiger partial charge in [-0.25, -0.2) is 18.6 Å². The third kappa shape index (κ3) is 2.77. The van der Waals surface area contributed by atoms with Crippen LogP contribution in [-0.2, 0) is 10.1 Å². The van der Waals surface area contributed by atoms with E-state index >= 15 is 0 Å². The van der Waals surface area contributed by atoms with E-state index in [4.69, 9.17) is 5.26 Å². The van der Waals surface area contributed by atoms with E-state index in [-0.39, 0.29) is 22.2 Å². The van der Waals surface area contributed by atoms with Crippen LogP contribution in [0.2, 0.25) is 0 Å². The smallest absolute Gasteiger partial charge is 0.341 e. The van der Waals surface area contributed by atoms with Crippen LogP contribution in [0, 0.1) is 11.3 Å². The number of aromatic nitrogens is 1. The van der Waals surface area contributed by atoms with Gasteiger partial charge in [-0.15, -0.1) is 0 Å². The number of hydrogen-bond acceptors (Lipinski definition) is 4. The summed E-state index contributed by atoms with van der Waals surface area (Å²) < 4.78 is 29.5. The molecule has 0 saturated heterocycles. The Bertz CT molecular complexity index is 486. The van der Waals surface area contributed by atoms with Crippen molar-refractivity contribution in [3.63, 3.8) is 0 Å². The zero-order chi connectivity index (χ0) is 13.0. The molecule has 0 amide bonds. The van der Waals surface area contributed by atoms with Crippen molar-refractivity contribution in [1.29, 1.82) is 5.26 Å². The first-order valence-corrected chi connectivity index (χ1v) is 5.53. The van der Waals surface area contributed by atoms with Gasteiger partial charge in [0.15, 0.2) is 0 Å². The molecule has 0 unspecified atom stereocenters. The van der Waals surface area contributed by atoms with Gasteiger partial charge in [0.2, 0.25) is 0 Å². The van der Waals surface area contributed by atoms with Crippen molar-refractivity contribution < 1.29 is 18.3 Å². The lowest BCUT2D eigenvalue weighted by molar-refractivity contribution is 0.0598. The van der Waals surface area contributed by atoms with E-state index in [2.05, 4.69) is 25.7 Å². The second kappa shape index (κ2) is 5.68. The molecule has 0 aliphatic rings. The summed E-state index contributed by atoms with van der Waals surface area (Å²) in [5, 5.41) is 8.92. The van der Waals surface area contributed by atoms with E-state index in [1.165, 1.54) is 0 Å². The van der Waals surface area contributed by atoms with E-state index in [0.717, 1.165) is 13.2 Å². The van der Waals surface area contributed by atoms with Crippen LogP contribution in [0.15, 0.2) is 6.07 Å². The lowest BCUT2D eigenvalue weighted by Gasteiger charge is -2.09. The standard InChI is InChI=1S/C10H7BrF2N2O2/c1-17-10(16)8-5(4-14)2-6(9(12)13)15-7(8)3-11/h2,9H,3H2,1H3. The summed E-state index contributed by atoms with van der Waals surface area (Å²) in [5.41, 5.74) is -0.734. The Morgan fingerprint density at radius 3 is 2.76 bits per heavy atom. The molecule has 0 spiro atoms. The maximum atomic E-state index is 12.5. The summed E-state index contributed by atoms with van der Waals surface area (Å²) in [4.78, 5) is 15.1. The molecular weight excluding hydrogens is 298 g/mol. The molecule has 0 N–H and O–H groups in total. The van der Waals surface area contributed by atoms with Gasteiger partial charge in [0.1, 0.15) is 11.8 Å². The van der Waals surface area contributed by atoms with Crippen molar-refractivity contribution >= 4 is 21.9 Å². The van der Waals surface area contributed by atoms with Crippen LogP contribution in [0.3, 0.4) is 0 Å². The van der Waals surface area contributed by atoms with Gasteiger partial charge < -0.3 is 4.74 Å². The van der Waals surface area contributed by atoms with Crippen molar-refractivity contribution in [2.45, 2.75) is 11.8 Å². The van der Waals surface area contributed by atoms with Crippen LogP contribution < -0.4 is 0 Å². The summed E-state index contributed by atoms with van der Waals surface area (Å²) in [6.07, 6.45) is -2.80. The fourth-order valence-corrected chi connectivity index (χ4v) is 1.65. The molecule has 90 valence electrons. The molecule has 0 fully saturated rings. The monoisotopic (exact) mass is 304 g/mol. The average Bonchev–Trinajstić information content (AvgIpc) is 2.35. The minimum atomic E-state index is -2.80. The highest BCUT2D eigenvalue weighted by molar-refractivity contribution is 9.08. The van der Waals surface area contributed by atoms with Gasteiger partial charge >= 0.3 is 5.97 Å². The number of carbonyl (C=O) groups is 1. The molecule has 0 bridgehead atoms. The number of nitrogens with zero attached hydrogens (tertiary/aromatic N) is 2. The van der Waals surface area contributed by atoms with Gasteiger partial charge in [-0.05, 0) is 6.07 Å². The van der Waals surface area contributed by atoms with Crippen molar-refractivity contribution in [3.8, 4) is 6.07 Å². The minimum Gasteiger partial charge on any atom is -0.465 e. The normalized spacial score (nSPS) is 10.1. The molecular formula is C10H7BrF2N2O2. The highest BCUT2D eigenvalue weighted by atomic mass is 79.9. The fourth-order valence-electron chi connectivity index (χ4n) is 1.25. The van der Waals surface area contributed by atoms with Crippen molar-refractivity contribution in [3.05, 3.63) is 28.6 Å². The van der Waals surface area contributed by atoms with Crippen molar-refractivity contribution in [2.75, 3.05) is 7.11 Å². The predicted molar refractivity (Wildman–Crippen MR) is 57.9 cm³/mol. The number of methoxy groups -OCH3 is 1. The van der Waals surface area contributed by atoms with Gasteiger partial charge in [0.05, 0.1) is 23.9 Å². The Balaban J connectivity index is 3.48. The van der Waals surface area contributed by atoms with Crippen LogP contribution in [0.25, 0.3) is 0 Å². The molecule has 1 aromatic heterocycles. The van der Waals surface area contributed by atoms with Gasteiger partial charge in [0, 0.05) is 5.33 Å². The van der Waals surface area contributed by atoms with Crippen LogP contribution in [0.4, 0.5) is 8.78 Å². The number of alkyl halides is 3. The van der Waals surface area contributed by atoms with E-state index in [9.17, 15) is 13.6 Å². The molecule has 17 heavy (non-hydrogen) atoms. The second-order valence-electron chi connectivity index (χ2n) is 2.95. The first kappa shape index (κ1) is 13.5. The third-order valence-electron chi connectivity index (χ3n) is 1.97. The largest absolute Gasteiger partial charge is 0.465 e. The second-order valence-corrected chi connectivity index (χ2v) is 3.51. The van der Waals surface area contributed by atoms with E-state index in [1.807, 2.05) is 0 Å². The molecule has 0 atom stereocenters. The number of ether oxygens (including phenoxy) is 1. The predicted octanol–water partition coefficient (Wildman–Crippen LogP) is 2.57.